The molecule has 0 unspecified atom stereocenters. The molecule has 0 saturated carbocycles. The van der Waals surface area contributed by atoms with Gasteiger partial charge in [-0.25, -0.2) is 0 Å². The number of rotatable bonds is 9. The molecule has 17 heavy (non-hydrogen) atoms. The average Bonchev–Trinajstić information content (AvgIpc) is 2.24. The SMILES string of the molecule is CCO[Si](C)(CCCOC(=O)C(C)C)OCC. The van der Waals surface area contributed by atoms with Gasteiger partial charge in [0, 0.05) is 13.2 Å². The van der Waals surface area contributed by atoms with Crippen LogP contribution in [0.15, 0.2) is 0 Å². The molecule has 0 amide bonds. The highest BCUT2D eigenvalue weighted by Gasteiger charge is 2.30. The van der Waals surface area contributed by atoms with Crippen LogP contribution in [-0.4, -0.2) is 34.4 Å². The lowest BCUT2D eigenvalue weighted by molar-refractivity contribution is -0.147. The number of hydrogen-bond donors (Lipinski definition) is 0. The molecule has 0 rings (SSSR count). The van der Waals surface area contributed by atoms with Gasteiger partial charge in [-0.1, -0.05) is 13.8 Å². The highest BCUT2D eigenvalue weighted by molar-refractivity contribution is 6.66. The highest BCUT2D eigenvalue weighted by Crippen LogP contribution is 2.16. The molecule has 0 aromatic heterocycles. The molecule has 0 fully saturated rings. The number of carbonyl (C=O) groups is 1. The minimum Gasteiger partial charge on any atom is -0.465 e. The number of esters is 1. The van der Waals surface area contributed by atoms with Gasteiger partial charge in [-0.2, -0.15) is 0 Å². The molecule has 0 atom stereocenters. The summed E-state index contributed by atoms with van der Waals surface area (Å²) in [6.07, 6.45) is 0.807. The number of hydrogen-bond acceptors (Lipinski definition) is 4. The molecule has 0 heterocycles. The smallest absolute Gasteiger partial charge is 0.335 e. The molecule has 0 aromatic carbocycles. The van der Waals surface area contributed by atoms with Crippen molar-refractivity contribution in [1.29, 1.82) is 0 Å². The van der Waals surface area contributed by atoms with E-state index in [9.17, 15) is 4.79 Å². The number of ether oxygens (including phenoxy) is 1. The van der Waals surface area contributed by atoms with Crippen LogP contribution in [0.4, 0.5) is 0 Å². The monoisotopic (exact) mass is 262 g/mol. The van der Waals surface area contributed by atoms with Gasteiger partial charge in [-0.3, -0.25) is 4.79 Å². The summed E-state index contributed by atoms with van der Waals surface area (Å²) in [5.74, 6) is -0.196. The third kappa shape index (κ3) is 7.52. The predicted molar refractivity (Wildman–Crippen MR) is 70.1 cm³/mol. The summed E-state index contributed by atoms with van der Waals surface area (Å²) in [7, 11) is -2.04. The molecule has 0 N–H and O–H groups in total. The van der Waals surface area contributed by atoms with Gasteiger partial charge in [0.15, 0.2) is 0 Å². The first kappa shape index (κ1) is 16.6. The summed E-state index contributed by atoms with van der Waals surface area (Å²) < 4.78 is 16.5. The normalized spacial score (nSPS) is 11.9. The summed E-state index contributed by atoms with van der Waals surface area (Å²) in [6.45, 7) is 11.5. The second-order valence-corrected chi connectivity index (χ2v) is 7.77. The van der Waals surface area contributed by atoms with Gasteiger partial charge in [0.2, 0.25) is 0 Å². The molecule has 5 heteroatoms. The van der Waals surface area contributed by atoms with E-state index in [0.29, 0.717) is 19.8 Å². The molecule has 102 valence electrons. The van der Waals surface area contributed by atoms with Crippen LogP contribution in [0.25, 0.3) is 0 Å². The molecule has 0 bridgehead atoms. The van der Waals surface area contributed by atoms with Crippen LogP contribution in [0.3, 0.4) is 0 Å². The first-order valence-electron chi connectivity index (χ1n) is 6.39. The second kappa shape index (κ2) is 8.66. The average molecular weight is 262 g/mol. The Bertz CT molecular complexity index is 213. The zero-order valence-corrected chi connectivity index (χ0v) is 12.7. The Labute approximate surface area is 106 Å². The van der Waals surface area contributed by atoms with Crippen molar-refractivity contribution >= 4 is 14.5 Å². The van der Waals surface area contributed by atoms with E-state index in [-0.39, 0.29) is 11.9 Å². The Kier molecular flexibility index (Phi) is 8.46. The molecule has 0 aliphatic heterocycles. The summed E-state index contributed by atoms with van der Waals surface area (Å²) >= 11 is 0. The van der Waals surface area contributed by atoms with Gasteiger partial charge in [-0.05, 0) is 32.9 Å². The fourth-order valence-electron chi connectivity index (χ4n) is 1.53. The van der Waals surface area contributed by atoms with Crippen LogP contribution >= 0.6 is 0 Å². The maximum absolute atomic E-state index is 11.2. The van der Waals surface area contributed by atoms with Crippen LogP contribution in [-0.2, 0) is 18.4 Å². The van der Waals surface area contributed by atoms with Crippen molar-refractivity contribution in [3.8, 4) is 0 Å². The van der Waals surface area contributed by atoms with Crippen LogP contribution in [0.1, 0.15) is 34.1 Å². The first-order valence-corrected chi connectivity index (χ1v) is 8.92. The highest BCUT2D eigenvalue weighted by atomic mass is 28.4. The van der Waals surface area contributed by atoms with E-state index in [4.69, 9.17) is 13.6 Å². The van der Waals surface area contributed by atoms with Crippen LogP contribution in [0, 0.1) is 5.92 Å². The van der Waals surface area contributed by atoms with Gasteiger partial charge in [0.05, 0.1) is 12.5 Å². The van der Waals surface area contributed by atoms with Crippen LogP contribution in [0.2, 0.25) is 12.6 Å². The van der Waals surface area contributed by atoms with Crippen molar-refractivity contribution in [2.45, 2.75) is 46.7 Å². The third-order valence-electron chi connectivity index (χ3n) is 2.39. The Balaban J connectivity index is 3.86. The molecule has 0 aromatic rings. The largest absolute Gasteiger partial charge is 0.465 e. The Morgan fingerprint density at radius 1 is 1.18 bits per heavy atom. The lowest BCUT2D eigenvalue weighted by Gasteiger charge is -2.25. The second-order valence-electron chi connectivity index (χ2n) is 4.43. The Morgan fingerprint density at radius 2 is 1.71 bits per heavy atom. The summed E-state index contributed by atoms with van der Waals surface area (Å²) in [5, 5.41) is 0. The lowest BCUT2D eigenvalue weighted by Crippen LogP contribution is -2.38. The van der Waals surface area contributed by atoms with E-state index in [1.54, 1.807) is 0 Å². The van der Waals surface area contributed by atoms with E-state index in [2.05, 4.69) is 6.55 Å². The summed E-state index contributed by atoms with van der Waals surface area (Å²) in [5.41, 5.74) is 0. The van der Waals surface area contributed by atoms with Crippen molar-refractivity contribution in [3.63, 3.8) is 0 Å². The third-order valence-corrected chi connectivity index (χ3v) is 5.45. The Hall–Kier alpha value is -0.393. The van der Waals surface area contributed by atoms with Gasteiger partial charge in [-0.15, -0.1) is 0 Å². The minimum atomic E-state index is -2.04. The zero-order valence-electron chi connectivity index (χ0n) is 11.7. The fourth-order valence-corrected chi connectivity index (χ4v) is 3.91. The van der Waals surface area contributed by atoms with E-state index >= 15 is 0 Å². The molecular formula is C12H26O4Si. The molecule has 0 aliphatic rings. The summed E-state index contributed by atoms with van der Waals surface area (Å²) in [4.78, 5) is 11.2. The molecule has 0 saturated heterocycles. The minimum absolute atomic E-state index is 0.0580. The zero-order chi connectivity index (χ0) is 13.3. The van der Waals surface area contributed by atoms with Gasteiger partial charge < -0.3 is 13.6 Å². The molecule has 0 spiro atoms. The van der Waals surface area contributed by atoms with Crippen molar-refractivity contribution in [3.05, 3.63) is 0 Å². The molecule has 4 nitrogen and oxygen atoms in total. The predicted octanol–water partition coefficient (Wildman–Crippen LogP) is 2.72. The van der Waals surface area contributed by atoms with Gasteiger partial charge in [0.25, 0.3) is 0 Å². The van der Waals surface area contributed by atoms with E-state index in [1.807, 2.05) is 27.7 Å². The number of carbonyl (C=O) groups excluding carboxylic acids is 1. The topological polar surface area (TPSA) is 44.8 Å². The van der Waals surface area contributed by atoms with E-state index in [0.717, 1.165) is 12.5 Å². The maximum atomic E-state index is 11.2. The quantitative estimate of drug-likeness (QED) is 0.364. The maximum Gasteiger partial charge on any atom is 0.335 e. The van der Waals surface area contributed by atoms with Crippen molar-refractivity contribution in [1.82, 2.24) is 0 Å². The van der Waals surface area contributed by atoms with Gasteiger partial charge >= 0.3 is 14.5 Å². The molecule has 0 radical (unpaired) electrons. The molecule has 0 aliphatic carbocycles. The van der Waals surface area contributed by atoms with Crippen molar-refractivity contribution in [2.24, 2.45) is 5.92 Å². The Morgan fingerprint density at radius 3 is 2.12 bits per heavy atom. The van der Waals surface area contributed by atoms with E-state index < -0.39 is 8.56 Å². The van der Waals surface area contributed by atoms with Crippen molar-refractivity contribution in [2.75, 3.05) is 19.8 Å². The van der Waals surface area contributed by atoms with Crippen molar-refractivity contribution < 1.29 is 18.4 Å². The molecular weight excluding hydrogens is 236 g/mol. The first-order chi connectivity index (χ1) is 7.95. The van der Waals surface area contributed by atoms with Crippen LogP contribution < -0.4 is 0 Å². The van der Waals surface area contributed by atoms with Crippen LogP contribution in [0.5, 0.6) is 0 Å². The standard InChI is InChI=1S/C12H26O4Si/c1-6-15-17(5,16-7-2)10-8-9-14-12(13)11(3)4/h11H,6-10H2,1-5H3. The summed E-state index contributed by atoms with van der Waals surface area (Å²) in [6, 6.07) is 0.861. The van der Waals surface area contributed by atoms with Gasteiger partial charge in [0.1, 0.15) is 0 Å². The fraction of sp³-hybridized carbons (Fsp3) is 0.917. The lowest BCUT2D eigenvalue weighted by atomic mass is 10.2. The van der Waals surface area contributed by atoms with E-state index in [1.165, 1.54) is 0 Å².